The SMILES string of the molecule is COc1cc(OC)c2cc(-c3ccc(-c4ccc(-c5cc6c(ccc7cc(C(C)(C)C)ccc76)oc5=O)cc4)s3)c(=O)oc2c1. The summed E-state index contributed by atoms with van der Waals surface area (Å²) < 4.78 is 22.3. The first-order valence-electron chi connectivity index (χ1n) is 14.5. The molecule has 0 saturated heterocycles. The lowest BCUT2D eigenvalue weighted by Gasteiger charge is -2.19. The lowest BCUT2D eigenvalue weighted by atomic mass is 9.85. The molecule has 0 N–H and O–H groups in total. The second-order valence-corrected chi connectivity index (χ2v) is 13.1. The van der Waals surface area contributed by atoms with Crippen molar-refractivity contribution in [2.24, 2.45) is 0 Å². The van der Waals surface area contributed by atoms with E-state index in [2.05, 4.69) is 39.0 Å². The quantitative estimate of drug-likeness (QED) is 0.142. The highest BCUT2D eigenvalue weighted by atomic mass is 32.1. The van der Waals surface area contributed by atoms with Crippen LogP contribution >= 0.6 is 11.3 Å². The normalized spacial score (nSPS) is 11.8. The number of hydrogen-bond acceptors (Lipinski definition) is 7. The smallest absolute Gasteiger partial charge is 0.345 e. The highest BCUT2D eigenvalue weighted by Crippen LogP contribution is 2.38. The lowest BCUT2D eigenvalue weighted by Crippen LogP contribution is -2.10. The molecule has 0 atom stereocenters. The van der Waals surface area contributed by atoms with E-state index in [0.717, 1.165) is 37.0 Å². The van der Waals surface area contributed by atoms with Crippen molar-refractivity contribution in [1.82, 2.24) is 0 Å². The second-order valence-electron chi connectivity index (χ2n) is 12.0. The van der Waals surface area contributed by atoms with Gasteiger partial charge in [0.15, 0.2) is 0 Å². The van der Waals surface area contributed by atoms with E-state index in [1.807, 2.05) is 54.6 Å². The molecule has 7 heteroatoms. The first-order chi connectivity index (χ1) is 21.6. The Labute approximate surface area is 263 Å². The van der Waals surface area contributed by atoms with Crippen LogP contribution in [-0.2, 0) is 5.41 Å². The van der Waals surface area contributed by atoms with Gasteiger partial charge >= 0.3 is 11.3 Å². The minimum atomic E-state index is -0.438. The summed E-state index contributed by atoms with van der Waals surface area (Å²) in [6.45, 7) is 6.59. The molecule has 45 heavy (non-hydrogen) atoms. The molecule has 0 aliphatic carbocycles. The van der Waals surface area contributed by atoms with Gasteiger partial charge in [0, 0.05) is 27.3 Å². The monoisotopic (exact) mass is 614 g/mol. The van der Waals surface area contributed by atoms with Crippen molar-refractivity contribution in [2.45, 2.75) is 26.2 Å². The van der Waals surface area contributed by atoms with Crippen LogP contribution in [0.25, 0.3) is 64.7 Å². The van der Waals surface area contributed by atoms with E-state index in [1.54, 1.807) is 32.4 Å². The topological polar surface area (TPSA) is 78.9 Å². The zero-order valence-electron chi connectivity index (χ0n) is 25.5. The molecule has 0 saturated carbocycles. The van der Waals surface area contributed by atoms with Gasteiger partial charge in [-0.1, -0.05) is 69.3 Å². The van der Waals surface area contributed by atoms with Gasteiger partial charge in [0.25, 0.3) is 0 Å². The molecule has 0 bridgehead atoms. The molecule has 224 valence electrons. The Morgan fingerprint density at radius 1 is 0.600 bits per heavy atom. The van der Waals surface area contributed by atoms with Crippen LogP contribution < -0.4 is 20.7 Å². The van der Waals surface area contributed by atoms with E-state index in [9.17, 15) is 9.59 Å². The van der Waals surface area contributed by atoms with Crippen LogP contribution in [0.4, 0.5) is 0 Å². The third kappa shape index (κ3) is 5.09. The van der Waals surface area contributed by atoms with Gasteiger partial charge in [-0.05, 0) is 63.2 Å². The minimum Gasteiger partial charge on any atom is -0.496 e. The molecule has 7 rings (SSSR count). The third-order valence-electron chi connectivity index (χ3n) is 8.20. The molecule has 6 nitrogen and oxygen atoms in total. The summed E-state index contributed by atoms with van der Waals surface area (Å²) in [6, 6.07) is 29.2. The number of fused-ring (bicyclic) bond motifs is 4. The zero-order chi connectivity index (χ0) is 31.5. The molecule has 0 fully saturated rings. The fourth-order valence-electron chi connectivity index (χ4n) is 5.67. The molecule has 3 aromatic heterocycles. The molecule has 0 aliphatic heterocycles. The van der Waals surface area contributed by atoms with Crippen molar-refractivity contribution < 1.29 is 18.3 Å². The molecule has 0 aliphatic rings. The van der Waals surface area contributed by atoms with Gasteiger partial charge in [-0.2, -0.15) is 0 Å². The summed E-state index contributed by atoms with van der Waals surface area (Å²) in [7, 11) is 3.12. The predicted molar refractivity (Wildman–Crippen MR) is 182 cm³/mol. The van der Waals surface area contributed by atoms with Crippen molar-refractivity contribution >= 4 is 44.0 Å². The molecule has 0 unspecified atom stereocenters. The summed E-state index contributed by atoms with van der Waals surface area (Å²) in [5, 5.41) is 3.74. The lowest BCUT2D eigenvalue weighted by molar-refractivity contribution is 0.396. The Balaban J connectivity index is 1.23. The maximum atomic E-state index is 13.1. The molecular weight excluding hydrogens is 584 g/mol. The number of thiophene rings is 1. The third-order valence-corrected chi connectivity index (χ3v) is 9.36. The summed E-state index contributed by atoms with van der Waals surface area (Å²) in [5.41, 5.74) is 4.13. The minimum absolute atomic E-state index is 0.0346. The van der Waals surface area contributed by atoms with Crippen LogP contribution in [0.5, 0.6) is 11.5 Å². The van der Waals surface area contributed by atoms with Gasteiger partial charge in [-0.15, -0.1) is 11.3 Å². The molecule has 0 radical (unpaired) electrons. The number of hydrogen-bond donors (Lipinski definition) is 0. The summed E-state index contributed by atoms with van der Waals surface area (Å²) in [5.74, 6) is 1.10. The molecule has 0 spiro atoms. The zero-order valence-corrected chi connectivity index (χ0v) is 26.3. The van der Waals surface area contributed by atoms with Crippen molar-refractivity contribution in [2.75, 3.05) is 14.2 Å². The Bertz CT molecular complexity index is 2370. The summed E-state index contributed by atoms with van der Waals surface area (Å²) >= 11 is 1.49. The highest BCUT2D eigenvalue weighted by molar-refractivity contribution is 7.18. The molecular formula is C38H30O6S. The summed E-state index contributed by atoms with van der Waals surface area (Å²) in [4.78, 5) is 27.8. The van der Waals surface area contributed by atoms with Gasteiger partial charge in [-0.25, -0.2) is 9.59 Å². The number of rotatable bonds is 5. The second kappa shape index (κ2) is 10.8. The molecule has 0 amide bonds. The van der Waals surface area contributed by atoms with Gasteiger partial charge in [0.05, 0.1) is 30.7 Å². The molecule has 3 heterocycles. The Morgan fingerprint density at radius 2 is 1.29 bits per heavy atom. The Kier molecular flexibility index (Phi) is 6.86. The van der Waals surface area contributed by atoms with Crippen LogP contribution in [0.2, 0.25) is 0 Å². The van der Waals surface area contributed by atoms with E-state index in [-0.39, 0.29) is 11.0 Å². The number of ether oxygens (including phenoxy) is 2. The van der Waals surface area contributed by atoms with E-state index < -0.39 is 5.63 Å². The molecule has 4 aromatic carbocycles. The van der Waals surface area contributed by atoms with Crippen molar-refractivity contribution in [1.29, 1.82) is 0 Å². The number of benzene rings is 4. The van der Waals surface area contributed by atoms with Crippen LogP contribution in [-0.4, -0.2) is 14.2 Å². The van der Waals surface area contributed by atoms with Gasteiger partial charge < -0.3 is 18.3 Å². The maximum Gasteiger partial charge on any atom is 0.345 e. The van der Waals surface area contributed by atoms with Gasteiger partial charge in [-0.3, -0.25) is 0 Å². The van der Waals surface area contributed by atoms with Crippen LogP contribution in [0.3, 0.4) is 0 Å². The van der Waals surface area contributed by atoms with Gasteiger partial charge in [0.1, 0.15) is 22.7 Å². The highest BCUT2D eigenvalue weighted by Gasteiger charge is 2.17. The van der Waals surface area contributed by atoms with Crippen molar-refractivity contribution in [3.8, 4) is 43.5 Å². The average Bonchev–Trinajstić information content (AvgIpc) is 3.53. The first kappa shape index (κ1) is 28.6. The molecule has 7 aromatic rings. The Morgan fingerprint density at radius 3 is 2.02 bits per heavy atom. The number of methoxy groups -OCH3 is 2. The standard InChI is InChI=1S/C38H30O6S/c1-38(2,3)24-11-12-26-23(16-24)10-13-31-28(26)19-27(36(39)43-31)21-6-8-22(9-7-21)34-14-15-35(45-34)30-20-29-32(42-5)17-25(41-4)18-33(29)44-37(30)40/h6-20H,1-5H3. The first-order valence-corrected chi connectivity index (χ1v) is 15.4. The van der Waals surface area contributed by atoms with Crippen LogP contribution in [0.1, 0.15) is 26.3 Å². The van der Waals surface area contributed by atoms with E-state index in [1.165, 1.54) is 16.9 Å². The largest absolute Gasteiger partial charge is 0.496 e. The van der Waals surface area contributed by atoms with Crippen molar-refractivity contribution in [3.63, 3.8) is 0 Å². The van der Waals surface area contributed by atoms with E-state index in [4.69, 9.17) is 18.3 Å². The fraction of sp³-hybridized carbons (Fsp3) is 0.158. The van der Waals surface area contributed by atoms with Crippen molar-refractivity contribution in [3.05, 3.63) is 117 Å². The van der Waals surface area contributed by atoms with E-state index >= 15 is 0 Å². The van der Waals surface area contributed by atoms with Gasteiger partial charge in [0.2, 0.25) is 0 Å². The maximum absolute atomic E-state index is 13.1. The summed E-state index contributed by atoms with van der Waals surface area (Å²) in [6.07, 6.45) is 0. The predicted octanol–water partition coefficient (Wildman–Crippen LogP) is 9.43. The van der Waals surface area contributed by atoms with Crippen LogP contribution in [0.15, 0.2) is 109 Å². The average molecular weight is 615 g/mol. The van der Waals surface area contributed by atoms with Crippen LogP contribution in [0, 0.1) is 0 Å². The van der Waals surface area contributed by atoms with E-state index in [0.29, 0.717) is 39.2 Å². The fourth-order valence-corrected chi connectivity index (χ4v) is 6.68. The Hall–Kier alpha value is -5.14.